The van der Waals surface area contributed by atoms with Crippen molar-refractivity contribution in [3.63, 3.8) is 0 Å². The molecule has 5 nitrogen and oxygen atoms in total. The SMILES string of the molecule is CC1CCCC(C)N1C(=O)c1ccccc1NC(=O)CC#N. The standard InChI is InChI=1S/C17H21N3O2/c1-12-6-5-7-13(2)20(12)17(22)14-8-3-4-9-15(14)19-16(21)10-11-18/h3-4,8-9,12-13H,5-7,10H2,1-2H3,(H,19,21). The zero-order valence-electron chi connectivity index (χ0n) is 13.0. The number of hydrogen-bond donors (Lipinski definition) is 1. The number of carbonyl (C=O) groups excluding carboxylic acids is 2. The number of carbonyl (C=O) groups is 2. The summed E-state index contributed by atoms with van der Waals surface area (Å²) >= 11 is 0. The molecule has 2 rings (SSSR count). The average molecular weight is 299 g/mol. The van der Waals surface area contributed by atoms with E-state index in [-0.39, 0.29) is 24.4 Å². The van der Waals surface area contributed by atoms with Crippen LogP contribution in [0.4, 0.5) is 5.69 Å². The van der Waals surface area contributed by atoms with Crippen LogP contribution in [0.25, 0.3) is 0 Å². The summed E-state index contributed by atoms with van der Waals surface area (Å²) in [7, 11) is 0. The lowest BCUT2D eigenvalue weighted by atomic mass is 9.96. The van der Waals surface area contributed by atoms with Gasteiger partial charge in [0.15, 0.2) is 0 Å². The van der Waals surface area contributed by atoms with Crippen molar-refractivity contribution in [2.45, 2.75) is 51.6 Å². The summed E-state index contributed by atoms with van der Waals surface area (Å²) in [4.78, 5) is 26.4. The van der Waals surface area contributed by atoms with E-state index in [1.807, 2.05) is 4.90 Å². The molecular formula is C17H21N3O2. The number of nitriles is 1. The fraction of sp³-hybridized carbons (Fsp3) is 0.471. The third-order valence-electron chi connectivity index (χ3n) is 4.10. The second-order valence-electron chi connectivity index (χ2n) is 5.77. The van der Waals surface area contributed by atoms with Gasteiger partial charge in [-0.3, -0.25) is 9.59 Å². The molecule has 0 bridgehead atoms. The van der Waals surface area contributed by atoms with Crippen LogP contribution < -0.4 is 5.32 Å². The van der Waals surface area contributed by atoms with Gasteiger partial charge in [0.05, 0.1) is 17.3 Å². The number of amides is 2. The Labute approximate surface area is 130 Å². The summed E-state index contributed by atoms with van der Waals surface area (Å²) in [6.07, 6.45) is 2.91. The zero-order valence-corrected chi connectivity index (χ0v) is 13.0. The molecule has 5 heteroatoms. The predicted molar refractivity (Wildman–Crippen MR) is 84.2 cm³/mol. The van der Waals surface area contributed by atoms with Gasteiger partial charge in [-0.1, -0.05) is 12.1 Å². The highest BCUT2D eigenvalue weighted by molar-refractivity contribution is 6.04. The number of hydrogen-bond acceptors (Lipinski definition) is 3. The van der Waals surface area contributed by atoms with E-state index in [9.17, 15) is 9.59 Å². The molecule has 22 heavy (non-hydrogen) atoms. The lowest BCUT2D eigenvalue weighted by molar-refractivity contribution is -0.115. The Kier molecular flexibility index (Phi) is 5.16. The van der Waals surface area contributed by atoms with E-state index in [2.05, 4.69) is 19.2 Å². The summed E-state index contributed by atoms with van der Waals surface area (Å²) in [5, 5.41) is 11.2. The van der Waals surface area contributed by atoms with Crippen molar-refractivity contribution >= 4 is 17.5 Å². The smallest absolute Gasteiger partial charge is 0.256 e. The van der Waals surface area contributed by atoms with Crippen molar-refractivity contribution in [2.24, 2.45) is 0 Å². The van der Waals surface area contributed by atoms with E-state index in [4.69, 9.17) is 5.26 Å². The topological polar surface area (TPSA) is 73.2 Å². The highest BCUT2D eigenvalue weighted by atomic mass is 16.2. The molecule has 116 valence electrons. The van der Waals surface area contributed by atoms with Crippen LogP contribution in [0.3, 0.4) is 0 Å². The second-order valence-corrected chi connectivity index (χ2v) is 5.77. The molecule has 1 fully saturated rings. The maximum Gasteiger partial charge on any atom is 0.256 e. The van der Waals surface area contributed by atoms with E-state index in [1.54, 1.807) is 30.3 Å². The molecule has 1 aliphatic heterocycles. The molecule has 2 amide bonds. The van der Waals surface area contributed by atoms with E-state index < -0.39 is 5.91 Å². The first-order valence-corrected chi connectivity index (χ1v) is 7.63. The van der Waals surface area contributed by atoms with Crippen molar-refractivity contribution < 1.29 is 9.59 Å². The predicted octanol–water partition coefficient (Wildman–Crippen LogP) is 2.94. The highest BCUT2D eigenvalue weighted by Gasteiger charge is 2.30. The summed E-state index contributed by atoms with van der Waals surface area (Å²) in [6.45, 7) is 4.12. The van der Waals surface area contributed by atoms with Crippen molar-refractivity contribution in [2.75, 3.05) is 5.32 Å². The Bertz CT molecular complexity index is 596. The van der Waals surface area contributed by atoms with E-state index >= 15 is 0 Å². The van der Waals surface area contributed by atoms with Gasteiger partial charge >= 0.3 is 0 Å². The van der Waals surface area contributed by atoms with Gasteiger partial charge in [-0.15, -0.1) is 0 Å². The number of anilines is 1. The highest BCUT2D eigenvalue weighted by Crippen LogP contribution is 2.27. The molecule has 0 saturated carbocycles. The maximum atomic E-state index is 12.9. The first-order chi connectivity index (χ1) is 10.5. The van der Waals surface area contributed by atoms with Crippen LogP contribution in [0, 0.1) is 11.3 Å². The van der Waals surface area contributed by atoms with Crippen LogP contribution in [0.15, 0.2) is 24.3 Å². The number of nitrogens with one attached hydrogen (secondary N) is 1. The molecule has 1 saturated heterocycles. The lowest BCUT2D eigenvalue weighted by Gasteiger charge is -2.39. The molecule has 2 unspecified atom stereocenters. The third-order valence-corrected chi connectivity index (χ3v) is 4.10. The summed E-state index contributed by atoms with van der Waals surface area (Å²) in [5.41, 5.74) is 0.951. The molecule has 1 heterocycles. The lowest BCUT2D eigenvalue weighted by Crippen LogP contribution is -2.47. The maximum absolute atomic E-state index is 12.9. The van der Waals surface area contributed by atoms with Gasteiger partial charge in [0.25, 0.3) is 5.91 Å². The van der Waals surface area contributed by atoms with Crippen molar-refractivity contribution in [1.82, 2.24) is 4.90 Å². The molecule has 1 aromatic carbocycles. The number of para-hydroxylation sites is 1. The van der Waals surface area contributed by atoms with E-state index in [0.717, 1.165) is 19.3 Å². The number of nitrogens with zero attached hydrogens (tertiary/aromatic N) is 2. The Balaban J connectivity index is 2.26. The Morgan fingerprint density at radius 1 is 1.27 bits per heavy atom. The largest absolute Gasteiger partial charge is 0.333 e. The minimum Gasteiger partial charge on any atom is -0.333 e. The zero-order chi connectivity index (χ0) is 16.1. The Morgan fingerprint density at radius 3 is 2.55 bits per heavy atom. The average Bonchev–Trinajstić information content (AvgIpc) is 2.47. The van der Waals surface area contributed by atoms with Crippen molar-refractivity contribution in [3.8, 4) is 6.07 Å². The fourth-order valence-electron chi connectivity index (χ4n) is 3.01. The van der Waals surface area contributed by atoms with Gasteiger partial charge in [-0.05, 0) is 45.2 Å². The monoisotopic (exact) mass is 299 g/mol. The van der Waals surface area contributed by atoms with Gasteiger partial charge in [-0.25, -0.2) is 0 Å². The van der Waals surface area contributed by atoms with E-state index in [0.29, 0.717) is 11.3 Å². The van der Waals surface area contributed by atoms with Crippen molar-refractivity contribution in [1.29, 1.82) is 5.26 Å². The fourth-order valence-corrected chi connectivity index (χ4v) is 3.01. The van der Waals surface area contributed by atoms with Crippen LogP contribution in [-0.2, 0) is 4.79 Å². The quantitative estimate of drug-likeness (QED) is 0.932. The van der Waals surface area contributed by atoms with Crippen LogP contribution in [-0.4, -0.2) is 28.8 Å². The third kappa shape index (κ3) is 3.45. The van der Waals surface area contributed by atoms with Gasteiger partial charge in [0.1, 0.15) is 6.42 Å². The van der Waals surface area contributed by atoms with Gasteiger partial charge in [0.2, 0.25) is 5.91 Å². The van der Waals surface area contributed by atoms with Crippen LogP contribution in [0.2, 0.25) is 0 Å². The first-order valence-electron chi connectivity index (χ1n) is 7.63. The molecule has 1 N–H and O–H groups in total. The molecular weight excluding hydrogens is 278 g/mol. The number of piperidine rings is 1. The second kappa shape index (κ2) is 7.08. The summed E-state index contributed by atoms with van der Waals surface area (Å²) in [6, 6.07) is 9.16. The summed E-state index contributed by atoms with van der Waals surface area (Å²) in [5.74, 6) is -0.463. The molecule has 1 aliphatic rings. The molecule has 1 aromatic rings. The molecule has 0 aliphatic carbocycles. The molecule has 0 aromatic heterocycles. The van der Waals surface area contributed by atoms with Crippen LogP contribution >= 0.6 is 0 Å². The first kappa shape index (κ1) is 16.0. The minimum atomic E-state index is -0.400. The molecule has 2 atom stereocenters. The summed E-state index contributed by atoms with van der Waals surface area (Å²) < 4.78 is 0. The normalized spacial score (nSPS) is 21.0. The van der Waals surface area contributed by atoms with Crippen LogP contribution in [0.1, 0.15) is 49.9 Å². The minimum absolute atomic E-state index is 0.0624. The van der Waals surface area contributed by atoms with E-state index in [1.165, 1.54) is 0 Å². The van der Waals surface area contributed by atoms with Gasteiger partial charge in [0, 0.05) is 12.1 Å². The van der Waals surface area contributed by atoms with Crippen LogP contribution in [0.5, 0.6) is 0 Å². The molecule has 0 radical (unpaired) electrons. The van der Waals surface area contributed by atoms with Gasteiger partial charge < -0.3 is 10.2 Å². The number of likely N-dealkylation sites (tertiary alicyclic amines) is 1. The Morgan fingerprint density at radius 2 is 1.91 bits per heavy atom. The molecule has 0 spiro atoms. The van der Waals surface area contributed by atoms with Crippen molar-refractivity contribution in [3.05, 3.63) is 29.8 Å². The van der Waals surface area contributed by atoms with Gasteiger partial charge in [-0.2, -0.15) is 5.26 Å². The Hall–Kier alpha value is -2.35. The number of rotatable bonds is 3. The number of benzene rings is 1.